The van der Waals surface area contributed by atoms with E-state index in [1.165, 1.54) is 25.7 Å². The molecule has 1 aliphatic carbocycles. The maximum absolute atomic E-state index is 11.9. The summed E-state index contributed by atoms with van der Waals surface area (Å²) in [6.07, 6.45) is 6.31. The van der Waals surface area contributed by atoms with Crippen molar-refractivity contribution in [1.29, 1.82) is 0 Å². The predicted octanol–water partition coefficient (Wildman–Crippen LogP) is 2.17. The highest BCUT2D eigenvalue weighted by Crippen LogP contribution is 2.26. The molecule has 0 heterocycles. The first-order chi connectivity index (χ1) is 7.92. The lowest BCUT2D eigenvalue weighted by atomic mass is 10.1. The van der Waals surface area contributed by atoms with Gasteiger partial charge < -0.3 is 9.80 Å². The van der Waals surface area contributed by atoms with Crippen molar-refractivity contribution in [2.45, 2.75) is 52.0 Å². The van der Waals surface area contributed by atoms with Crippen molar-refractivity contribution in [2.24, 2.45) is 5.92 Å². The number of nitrogens with one attached hydrogen (secondary N) is 1. The molecule has 0 unspecified atom stereocenters. The van der Waals surface area contributed by atoms with Crippen LogP contribution in [0, 0.1) is 5.92 Å². The van der Waals surface area contributed by atoms with Crippen LogP contribution in [0.1, 0.15) is 46.0 Å². The topological polar surface area (TPSA) is 29.1 Å². The summed E-state index contributed by atoms with van der Waals surface area (Å²) in [6.45, 7) is 5.82. The SMILES string of the molecule is CC(C)CCNC(=O)C[N+](C)(C)C1CCCC1. The Labute approximate surface area is 106 Å². The van der Waals surface area contributed by atoms with E-state index in [9.17, 15) is 4.79 Å². The third-order valence-electron chi connectivity index (χ3n) is 3.91. The van der Waals surface area contributed by atoms with Crippen LogP contribution in [-0.2, 0) is 4.79 Å². The van der Waals surface area contributed by atoms with Gasteiger partial charge in [-0.3, -0.25) is 4.79 Å². The van der Waals surface area contributed by atoms with Crippen molar-refractivity contribution < 1.29 is 9.28 Å². The number of hydrogen-bond acceptors (Lipinski definition) is 1. The molecular formula is C14H29N2O+. The third-order valence-corrected chi connectivity index (χ3v) is 3.91. The molecule has 0 aromatic carbocycles. The van der Waals surface area contributed by atoms with Crippen LogP contribution in [-0.4, -0.2) is 43.6 Å². The van der Waals surface area contributed by atoms with Crippen molar-refractivity contribution >= 4 is 5.91 Å². The Morgan fingerprint density at radius 3 is 2.41 bits per heavy atom. The second-order valence-electron chi connectivity index (χ2n) is 6.41. The van der Waals surface area contributed by atoms with Crippen LogP contribution in [0.4, 0.5) is 0 Å². The minimum absolute atomic E-state index is 0.211. The highest BCUT2D eigenvalue weighted by Gasteiger charge is 2.32. The lowest BCUT2D eigenvalue weighted by Crippen LogP contribution is -2.53. The second-order valence-corrected chi connectivity index (χ2v) is 6.41. The molecule has 3 heteroatoms. The minimum atomic E-state index is 0.211. The molecule has 1 amide bonds. The molecule has 0 aromatic heterocycles. The predicted molar refractivity (Wildman–Crippen MR) is 71.7 cm³/mol. The van der Waals surface area contributed by atoms with E-state index in [-0.39, 0.29) is 5.91 Å². The fourth-order valence-corrected chi connectivity index (χ4v) is 2.66. The lowest BCUT2D eigenvalue weighted by Gasteiger charge is -2.35. The van der Waals surface area contributed by atoms with E-state index < -0.39 is 0 Å². The van der Waals surface area contributed by atoms with Gasteiger partial charge in [0.15, 0.2) is 6.54 Å². The van der Waals surface area contributed by atoms with Gasteiger partial charge in [0.05, 0.1) is 20.1 Å². The molecule has 1 rings (SSSR count). The Bertz CT molecular complexity index is 243. The Hall–Kier alpha value is -0.570. The van der Waals surface area contributed by atoms with Crippen LogP contribution in [0.5, 0.6) is 0 Å². The van der Waals surface area contributed by atoms with Crippen LogP contribution in [0.25, 0.3) is 0 Å². The van der Waals surface area contributed by atoms with E-state index in [1.54, 1.807) is 0 Å². The summed E-state index contributed by atoms with van der Waals surface area (Å²) in [5.41, 5.74) is 0. The first-order valence-corrected chi connectivity index (χ1v) is 7.01. The summed E-state index contributed by atoms with van der Waals surface area (Å²) in [5, 5.41) is 3.04. The zero-order valence-electron chi connectivity index (χ0n) is 12.0. The maximum Gasteiger partial charge on any atom is 0.275 e. The zero-order valence-corrected chi connectivity index (χ0v) is 12.0. The van der Waals surface area contributed by atoms with E-state index in [4.69, 9.17) is 0 Å². The molecular weight excluding hydrogens is 212 g/mol. The van der Waals surface area contributed by atoms with E-state index in [1.807, 2.05) is 0 Å². The monoisotopic (exact) mass is 241 g/mol. The summed E-state index contributed by atoms with van der Waals surface area (Å²) in [5.74, 6) is 0.871. The van der Waals surface area contributed by atoms with Gasteiger partial charge in [-0.05, 0) is 38.0 Å². The molecule has 3 nitrogen and oxygen atoms in total. The minimum Gasteiger partial charge on any atom is -0.351 e. The number of rotatable bonds is 6. The van der Waals surface area contributed by atoms with Gasteiger partial charge in [-0.2, -0.15) is 0 Å². The molecule has 0 bridgehead atoms. The third kappa shape index (κ3) is 5.07. The van der Waals surface area contributed by atoms with Crippen molar-refractivity contribution in [3.05, 3.63) is 0 Å². The number of carbonyl (C=O) groups is 1. The zero-order chi connectivity index (χ0) is 12.9. The second kappa shape index (κ2) is 6.39. The van der Waals surface area contributed by atoms with Crippen LogP contribution in [0.3, 0.4) is 0 Å². The Morgan fingerprint density at radius 1 is 1.29 bits per heavy atom. The first-order valence-electron chi connectivity index (χ1n) is 7.01. The van der Waals surface area contributed by atoms with E-state index >= 15 is 0 Å². The van der Waals surface area contributed by atoms with Gasteiger partial charge in [-0.25, -0.2) is 0 Å². The number of nitrogens with zero attached hydrogens (tertiary/aromatic N) is 1. The largest absolute Gasteiger partial charge is 0.351 e. The van der Waals surface area contributed by atoms with Gasteiger partial charge in [0.25, 0.3) is 5.91 Å². The average Bonchev–Trinajstić information content (AvgIpc) is 2.68. The molecule has 0 aromatic rings. The van der Waals surface area contributed by atoms with Gasteiger partial charge in [-0.15, -0.1) is 0 Å². The fraction of sp³-hybridized carbons (Fsp3) is 0.929. The van der Waals surface area contributed by atoms with Crippen molar-refractivity contribution in [1.82, 2.24) is 5.32 Å². The quantitative estimate of drug-likeness (QED) is 0.710. The molecule has 1 saturated carbocycles. The van der Waals surface area contributed by atoms with E-state index in [2.05, 4.69) is 33.3 Å². The summed E-state index contributed by atoms with van der Waals surface area (Å²) >= 11 is 0. The standard InChI is InChI=1S/C14H28N2O/c1-12(2)9-10-15-14(17)11-16(3,4)13-7-5-6-8-13/h12-13H,5-11H2,1-4H3/p+1. The number of hydrogen-bond donors (Lipinski definition) is 1. The van der Waals surface area contributed by atoms with Crippen LogP contribution < -0.4 is 5.32 Å². The molecule has 1 aliphatic rings. The summed E-state index contributed by atoms with van der Waals surface area (Å²) in [4.78, 5) is 11.9. The van der Waals surface area contributed by atoms with E-state index in [0.29, 0.717) is 18.5 Å². The Morgan fingerprint density at radius 2 is 1.88 bits per heavy atom. The van der Waals surface area contributed by atoms with Crippen LogP contribution in [0.15, 0.2) is 0 Å². The van der Waals surface area contributed by atoms with Gasteiger partial charge in [-0.1, -0.05) is 13.8 Å². The smallest absolute Gasteiger partial charge is 0.275 e. The molecule has 0 atom stereocenters. The summed E-state index contributed by atoms with van der Waals surface area (Å²) in [6, 6.07) is 0.686. The summed E-state index contributed by atoms with van der Waals surface area (Å²) < 4.78 is 0.855. The van der Waals surface area contributed by atoms with Crippen LogP contribution in [0.2, 0.25) is 0 Å². The van der Waals surface area contributed by atoms with Gasteiger partial charge in [0.2, 0.25) is 0 Å². The molecule has 0 saturated heterocycles. The number of likely N-dealkylation sites (N-methyl/N-ethyl adjacent to an activating group) is 1. The van der Waals surface area contributed by atoms with Gasteiger partial charge in [0.1, 0.15) is 0 Å². The lowest BCUT2D eigenvalue weighted by molar-refractivity contribution is -0.906. The number of quaternary nitrogens is 1. The molecule has 0 radical (unpaired) electrons. The van der Waals surface area contributed by atoms with Crippen molar-refractivity contribution in [3.63, 3.8) is 0 Å². The Kier molecular flexibility index (Phi) is 5.44. The molecule has 0 spiro atoms. The summed E-state index contributed by atoms with van der Waals surface area (Å²) in [7, 11) is 4.38. The molecule has 1 N–H and O–H groups in total. The van der Waals surface area contributed by atoms with Gasteiger partial charge >= 0.3 is 0 Å². The van der Waals surface area contributed by atoms with Gasteiger partial charge in [0, 0.05) is 6.54 Å². The normalized spacial score (nSPS) is 17.7. The first kappa shape index (κ1) is 14.5. The maximum atomic E-state index is 11.9. The fourth-order valence-electron chi connectivity index (χ4n) is 2.66. The molecule has 0 aliphatic heterocycles. The molecule has 100 valence electrons. The number of carbonyl (C=O) groups excluding carboxylic acids is 1. The molecule has 17 heavy (non-hydrogen) atoms. The Balaban J connectivity index is 2.28. The van der Waals surface area contributed by atoms with Crippen molar-refractivity contribution in [3.8, 4) is 0 Å². The van der Waals surface area contributed by atoms with Crippen LogP contribution >= 0.6 is 0 Å². The van der Waals surface area contributed by atoms with E-state index in [0.717, 1.165) is 17.4 Å². The molecule has 1 fully saturated rings. The highest BCUT2D eigenvalue weighted by molar-refractivity contribution is 5.77. The van der Waals surface area contributed by atoms with Crippen molar-refractivity contribution in [2.75, 3.05) is 27.2 Å². The average molecular weight is 241 g/mol. The number of amides is 1. The highest BCUT2D eigenvalue weighted by atomic mass is 16.2.